The lowest BCUT2D eigenvalue weighted by atomic mass is 10.3. The van der Waals surface area contributed by atoms with E-state index in [0.29, 0.717) is 12.1 Å². The molecule has 0 radical (unpaired) electrons. The third-order valence-corrected chi connectivity index (χ3v) is 3.21. The third-order valence-electron chi connectivity index (χ3n) is 3.21. The van der Waals surface area contributed by atoms with Crippen LogP contribution in [0.1, 0.15) is 24.8 Å². The van der Waals surface area contributed by atoms with Crippen LogP contribution in [0.5, 0.6) is 0 Å². The van der Waals surface area contributed by atoms with E-state index in [4.69, 9.17) is 5.73 Å². The van der Waals surface area contributed by atoms with Gasteiger partial charge in [0.1, 0.15) is 0 Å². The molecule has 22 heavy (non-hydrogen) atoms. The molecular formula is C14H28ClN5O2. The van der Waals surface area contributed by atoms with Crippen LogP contribution in [0.15, 0.2) is 15.8 Å². The third kappa shape index (κ3) is 8.33. The molecule has 1 heterocycles. The SMILES string of the molecule is Cc1cn(CCCNCCCNCCCN)c(=O)[nH]c1=O.Cl. The number of H-pyrrole nitrogens is 1. The van der Waals surface area contributed by atoms with Crippen molar-refractivity contribution in [2.24, 2.45) is 5.73 Å². The molecule has 0 atom stereocenters. The predicted molar refractivity (Wildman–Crippen MR) is 92.0 cm³/mol. The molecular weight excluding hydrogens is 306 g/mol. The van der Waals surface area contributed by atoms with Crippen molar-refractivity contribution in [2.75, 3.05) is 32.7 Å². The number of halogens is 1. The minimum absolute atomic E-state index is 0. The minimum Gasteiger partial charge on any atom is -0.330 e. The van der Waals surface area contributed by atoms with Crippen LogP contribution in [0.25, 0.3) is 0 Å². The highest BCUT2D eigenvalue weighted by molar-refractivity contribution is 5.85. The van der Waals surface area contributed by atoms with Crippen molar-refractivity contribution in [3.05, 3.63) is 32.6 Å². The zero-order chi connectivity index (χ0) is 15.5. The summed E-state index contributed by atoms with van der Waals surface area (Å²) >= 11 is 0. The zero-order valence-electron chi connectivity index (χ0n) is 13.2. The fraction of sp³-hybridized carbons (Fsp3) is 0.714. The predicted octanol–water partition coefficient (Wildman–Crippen LogP) is -0.425. The first kappa shape index (κ1) is 20.9. The largest absolute Gasteiger partial charge is 0.330 e. The van der Waals surface area contributed by atoms with Crippen LogP contribution >= 0.6 is 12.4 Å². The Balaban J connectivity index is 0.00000441. The maximum atomic E-state index is 11.6. The van der Waals surface area contributed by atoms with Crippen LogP contribution in [0.3, 0.4) is 0 Å². The molecule has 0 unspecified atom stereocenters. The van der Waals surface area contributed by atoms with Gasteiger partial charge in [0.05, 0.1) is 0 Å². The smallest absolute Gasteiger partial charge is 0.328 e. The van der Waals surface area contributed by atoms with E-state index in [-0.39, 0.29) is 23.7 Å². The molecule has 1 aromatic rings. The molecule has 8 heteroatoms. The summed E-state index contributed by atoms with van der Waals surface area (Å²) in [5, 5.41) is 6.66. The number of aromatic amines is 1. The second kappa shape index (κ2) is 12.4. The lowest BCUT2D eigenvalue weighted by Gasteiger charge is -2.08. The van der Waals surface area contributed by atoms with E-state index in [0.717, 1.165) is 52.0 Å². The normalized spacial score (nSPS) is 10.5. The molecule has 1 aromatic heterocycles. The second-order valence-electron chi connectivity index (χ2n) is 5.11. The maximum absolute atomic E-state index is 11.6. The van der Waals surface area contributed by atoms with Gasteiger partial charge in [0.25, 0.3) is 5.56 Å². The molecule has 0 aliphatic rings. The van der Waals surface area contributed by atoms with Crippen LogP contribution in [-0.2, 0) is 6.54 Å². The highest BCUT2D eigenvalue weighted by Gasteiger charge is 2.00. The van der Waals surface area contributed by atoms with Crippen molar-refractivity contribution >= 4 is 12.4 Å². The number of rotatable bonds is 11. The molecule has 0 saturated carbocycles. The van der Waals surface area contributed by atoms with Gasteiger partial charge < -0.3 is 20.9 Å². The molecule has 128 valence electrons. The van der Waals surface area contributed by atoms with E-state index < -0.39 is 0 Å². The van der Waals surface area contributed by atoms with Crippen LogP contribution < -0.4 is 27.6 Å². The van der Waals surface area contributed by atoms with Crippen molar-refractivity contribution in [2.45, 2.75) is 32.7 Å². The lowest BCUT2D eigenvalue weighted by Crippen LogP contribution is -2.31. The Labute approximate surface area is 137 Å². The average molecular weight is 334 g/mol. The van der Waals surface area contributed by atoms with Gasteiger partial charge in [-0.3, -0.25) is 9.78 Å². The van der Waals surface area contributed by atoms with Crippen molar-refractivity contribution < 1.29 is 0 Å². The Hall–Kier alpha value is -1.15. The monoisotopic (exact) mass is 333 g/mol. The minimum atomic E-state index is -0.338. The van der Waals surface area contributed by atoms with Crippen molar-refractivity contribution in [3.8, 4) is 0 Å². The molecule has 5 N–H and O–H groups in total. The summed E-state index contributed by atoms with van der Waals surface area (Å²) < 4.78 is 1.55. The summed E-state index contributed by atoms with van der Waals surface area (Å²) in [5.74, 6) is 0. The number of nitrogens with two attached hydrogens (primary N) is 1. The molecule has 1 rings (SSSR count). The van der Waals surface area contributed by atoms with Crippen LogP contribution in [0, 0.1) is 6.92 Å². The van der Waals surface area contributed by atoms with Gasteiger partial charge in [-0.05, 0) is 58.9 Å². The number of hydrogen-bond donors (Lipinski definition) is 4. The number of aryl methyl sites for hydroxylation is 2. The summed E-state index contributed by atoms with van der Waals surface area (Å²) in [5.41, 5.74) is 5.32. The summed E-state index contributed by atoms with van der Waals surface area (Å²) in [4.78, 5) is 25.1. The molecule has 0 saturated heterocycles. The van der Waals surface area contributed by atoms with Gasteiger partial charge in [-0.25, -0.2) is 4.79 Å². The Morgan fingerprint density at radius 1 is 1.09 bits per heavy atom. The van der Waals surface area contributed by atoms with E-state index >= 15 is 0 Å². The van der Waals surface area contributed by atoms with Crippen molar-refractivity contribution in [3.63, 3.8) is 0 Å². The first-order valence-electron chi connectivity index (χ1n) is 7.57. The average Bonchev–Trinajstić information content (AvgIpc) is 2.46. The van der Waals surface area contributed by atoms with Crippen LogP contribution in [0.4, 0.5) is 0 Å². The van der Waals surface area contributed by atoms with Gasteiger partial charge >= 0.3 is 5.69 Å². The van der Waals surface area contributed by atoms with Crippen LogP contribution in [0.2, 0.25) is 0 Å². The Morgan fingerprint density at radius 2 is 1.68 bits per heavy atom. The van der Waals surface area contributed by atoms with Gasteiger partial charge in [-0.1, -0.05) is 0 Å². The van der Waals surface area contributed by atoms with Crippen molar-refractivity contribution in [1.82, 2.24) is 20.2 Å². The Bertz CT molecular complexity index is 515. The first-order chi connectivity index (χ1) is 10.1. The van der Waals surface area contributed by atoms with Gasteiger partial charge in [-0.15, -0.1) is 12.4 Å². The molecule has 0 amide bonds. The molecule has 0 bridgehead atoms. The van der Waals surface area contributed by atoms with Gasteiger partial charge in [0.15, 0.2) is 0 Å². The molecule has 0 aromatic carbocycles. The van der Waals surface area contributed by atoms with E-state index in [2.05, 4.69) is 15.6 Å². The standard InChI is InChI=1S/C14H27N5O2.ClH/c1-12-11-19(14(21)18-13(12)20)10-4-9-17-8-3-7-16-6-2-5-15;/h11,16-17H,2-10,15H2,1H3,(H,18,20,21);1H. The summed E-state index contributed by atoms with van der Waals surface area (Å²) in [6.45, 7) is 6.82. The number of nitrogens with zero attached hydrogens (tertiary/aromatic N) is 1. The molecule has 7 nitrogen and oxygen atoms in total. The van der Waals surface area contributed by atoms with E-state index in [1.165, 1.54) is 0 Å². The zero-order valence-corrected chi connectivity index (χ0v) is 14.0. The van der Waals surface area contributed by atoms with E-state index in [1.54, 1.807) is 17.7 Å². The van der Waals surface area contributed by atoms with Gasteiger partial charge in [-0.2, -0.15) is 0 Å². The number of nitrogens with one attached hydrogen (secondary N) is 3. The van der Waals surface area contributed by atoms with E-state index in [9.17, 15) is 9.59 Å². The highest BCUT2D eigenvalue weighted by atomic mass is 35.5. The fourth-order valence-electron chi connectivity index (χ4n) is 1.97. The van der Waals surface area contributed by atoms with Gasteiger partial charge in [0, 0.05) is 18.3 Å². The van der Waals surface area contributed by atoms with Crippen molar-refractivity contribution in [1.29, 1.82) is 0 Å². The second-order valence-corrected chi connectivity index (χ2v) is 5.11. The van der Waals surface area contributed by atoms with Gasteiger partial charge in [0.2, 0.25) is 0 Å². The molecule has 0 fully saturated rings. The number of aromatic nitrogens is 2. The van der Waals surface area contributed by atoms with Crippen LogP contribution in [-0.4, -0.2) is 42.3 Å². The molecule has 0 aliphatic heterocycles. The lowest BCUT2D eigenvalue weighted by molar-refractivity contribution is 0.540. The number of hydrogen-bond acceptors (Lipinski definition) is 5. The van der Waals surface area contributed by atoms with E-state index in [1.807, 2.05) is 0 Å². The summed E-state index contributed by atoms with van der Waals surface area (Å²) in [6.07, 6.45) is 4.55. The molecule has 0 spiro atoms. The topological polar surface area (TPSA) is 105 Å². The summed E-state index contributed by atoms with van der Waals surface area (Å²) in [6, 6.07) is 0. The highest BCUT2D eigenvalue weighted by Crippen LogP contribution is 1.88. The fourth-order valence-corrected chi connectivity index (χ4v) is 1.97. The Kier molecular flexibility index (Phi) is 11.8. The Morgan fingerprint density at radius 3 is 2.32 bits per heavy atom. The summed E-state index contributed by atoms with van der Waals surface area (Å²) in [7, 11) is 0. The quantitative estimate of drug-likeness (QED) is 0.411. The first-order valence-corrected chi connectivity index (χ1v) is 7.57. The maximum Gasteiger partial charge on any atom is 0.328 e. The molecule has 0 aliphatic carbocycles.